The number of aryl methyl sites for hydroxylation is 1. The molecule has 2 saturated heterocycles. The van der Waals surface area contributed by atoms with Crippen LogP contribution in [0.3, 0.4) is 0 Å². The first-order valence-corrected chi connectivity index (χ1v) is 8.64. The first-order chi connectivity index (χ1) is 11.2. The average molecular weight is 331 g/mol. The molecule has 4 rings (SSSR count). The van der Waals surface area contributed by atoms with Gasteiger partial charge in [-0.2, -0.15) is 0 Å². The Morgan fingerprint density at radius 3 is 2.74 bits per heavy atom. The normalized spacial score (nSPS) is 33.2. The fourth-order valence-corrected chi connectivity index (χ4v) is 4.82. The molecule has 4 unspecified atom stereocenters. The number of benzene rings is 1. The maximum atomic E-state index is 13.2. The van der Waals surface area contributed by atoms with Gasteiger partial charge in [0.05, 0.1) is 17.4 Å². The van der Waals surface area contributed by atoms with E-state index >= 15 is 0 Å². The van der Waals surface area contributed by atoms with Crippen molar-refractivity contribution in [3.63, 3.8) is 0 Å². The van der Waals surface area contributed by atoms with E-state index < -0.39 is 27.9 Å². The Morgan fingerprint density at radius 1 is 1.30 bits per heavy atom. The highest BCUT2D eigenvalue weighted by atomic mass is 32.2. The smallest absolute Gasteiger partial charge is 0.206 e. The Labute approximate surface area is 136 Å². The zero-order valence-electron chi connectivity index (χ0n) is 12.6. The summed E-state index contributed by atoms with van der Waals surface area (Å²) in [7, 11) is -1.40. The van der Waals surface area contributed by atoms with Crippen LogP contribution < -0.4 is 0 Å². The minimum atomic E-state index is -1.40. The number of hydrogen-bond donors (Lipinski definition) is 1. The van der Waals surface area contributed by atoms with Crippen molar-refractivity contribution in [2.45, 2.75) is 35.1 Å². The van der Waals surface area contributed by atoms with Gasteiger partial charge >= 0.3 is 0 Å². The summed E-state index contributed by atoms with van der Waals surface area (Å²) in [5.41, 5.74) is 1.92. The molecule has 6 heteroatoms. The van der Waals surface area contributed by atoms with Gasteiger partial charge in [-0.15, -0.1) is 0 Å². The number of aliphatic hydroxyl groups excluding tert-OH is 1. The van der Waals surface area contributed by atoms with Crippen molar-refractivity contribution in [2.75, 3.05) is 6.61 Å². The third kappa shape index (κ3) is 2.25. The number of rotatable bonds is 4. The third-order valence-electron chi connectivity index (χ3n) is 4.36. The van der Waals surface area contributed by atoms with Crippen molar-refractivity contribution < 1.29 is 18.8 Å². The lowest BCUT2D eigenvalue weighted by Gasteiger charge is -2.21. The highest BCUT2D eigenvalue weighted by Gasteiger charge is 2.75. The molecule has 5 atom stereocenters. The predicted octanol–water partition coefficient (Wildman–Crippen LogP) is 1.73. The SMILES string of the molecule is Cc1ccc(S(=O)C23OC2C(CO)O[C@H]3c2cccnc2)cc1. The molecule has 1 N–H and O–H groups in total. The summed E-state index contributed by atoms with van der Waals surface area (Å²) in [6.07, 6.45) is 2.04. The van der Waals surface area contributed by atoms with Crippen LogP contribution >= 0.6 is 0 Å². The highest BCUT2D eigenvalue weighted by molar-refractivity contribution is 7.86. The van der Waals surface area contributed by atoms with Crippen LogP contribution in [0.15, 0.2) is 53.7 Å². The summed E-state index contributed by atoms with van der Waals surface area (Å²) in [5.74, 6) is 0. The second-order valence-corrected chi connectivity index (χ2v) is 7.51. The molecule has 2 aliphatic heterocycles. The second kappa shape index (κ2) is 5.49. The number of hydrogen-bond acceptors (Lipinski definition) is 5. The molecule has 0 aliphatic carbocycles. The lowest BCUT2D eigenvalue weighted by Crippen LogP contribution is -2.27. The number of aliphatic hydroxyl groups is 1. The zero-order chi connectivity index (χ0) is 16.0. The van der Waals surface area contributed by atoms with Gasteiger partial charge in [-0.05, 0) is 25.1 Å². The molecule has 1 aromatic heterocycles. The summed E-state index contributed by atoms with van der Waals surface area (Å²) >= 11 is 0. The van der Waals surface area contributed by atoms with Gasteiger partial charge in [0, 0.05) is 22.9 Å². The Kier molecular flexibility index (Phi) is 3.57. The van der Waals surface area contributed by atoms with Crippen LogP contribution in [-0.4, -0.2) is 38.0 Å². The predicted molar refractivity (Wildman–Crippen MR) is 84.1 cm³/mol. The molecule has 120 valence electrons. The van der Waals surface area contributed by atoms with E-state index in [1.54, 1.807) is 12.4 Å². The van der Waals surface area contributed by atoms with Crippen molar-refractivity contribution in [2.24, 2.45) is 0 Å². The van der Waals surface area contributed by atoms with Gasteiger partial charge in [0.15, 0.2) is 0 Å². The molecular formula is C17H17NO4S. The van der Waals surface area contributed by atoms with E-state index in [2.05, 4.69) is 4.98 Å². The number of aromatic nitrogens is 1. The summed E-state index contributed by atoms with van der Waals surface area (Å²) < 4.78 is 24.9. The van der Waals surface area contributed by atoms with E-state index in [-0.39, 0.29) is 12.7 Å². The van der Waals surface area contributed by atoms with Crippen molar-refractivity contribution in [3.8, 4) is 0 Å². The Hall–Kier alpha value is -1.60. The lowest BCUT2D eigenvalue weighted by molar-refractivity contribution is -0.0584. The van der Waals surface area contributed by atoms with E-state index in [9.17, 15) is 9.32 Å². The van der Waals surface area contributed by atoms with Gasteiger partial charge in [-0.1, -0.05) is 23.8 Å². The van der Waals surface area contributed by atoms with E-state index in [0.717, 1.165) is 11.1 Å². The molecule has 2 aliphatic rings. The van der Waals surface area contributed by atoms with E-state index in [4.69, 9.17) is 9.47 Å². The summed E-state index contributed by atoms with van der Waals surface area (Å²) in [4.78, 5) is 3.88. The lowest BCUT2D eigenvalue weighted by atomic mass is 10.1. The number of epoxide rings is 1. The Balaban J connectivity index is 1.73. The van der Waals surface area contributed by atoms with Gasteiger partial charge in [0.2, 0.25) is 4.93 Å². The van der Waals surface area contributed by atoms with Gasteiger partial charge in [-0.3, -0.25) is 9.19 Å². The van der Waals surface area contributed by atoms with Crippen LogP contribution in [0, 0.1) is 6.92 Å². The minimum absolute atomic E-state index is 0.158. The highest BCUT2D eigenvalue weighted by Crippen LogP contribution is 2.60. The topological polar surface area (TPSA) is 72.0 Å². The molecule has 0 amide bonds. The number of nitrogens with zero attached hydrogens (tertiary/aromatic N) is 1. The van der Waals surface area contributed by atoms with Crippen molar-refractivity contribution in [3.05, 3.63) is 59.9 Å². The van der Waals surface area contributed by atoms with E-state index in [0.29, 0.717) is 4.90 Å². The maximum Gasteiger partial charge on any atom is 0.206 e. The quantitative estimate of drug-likeness (QED) is 0.864. The number of fused-ring (bicyclic) bond motifs is 1. The van der Waals surface area contributed by atoms with Crippen LogP contribution in [0.25, 0.3) is 0 Å². The van der Waals surface area contributed by atoms with Gasteiger partial charge < -0.3 is 14.6 Å². The molecule has 2 fully saturated rings. The Bertz CT molecular complexity index is 736. The number of pyridine rings is 1. The van der Waals surface area contributed by atoms with Crippen molar-refractivity contribution >= 4 is 10.8 Å². The molecule has 0 spiro atoms. The summed E-state index contributed by atoms with van der Waals surface area (Å²) in [5, 5.41) is 9.51. The van der Waals surface area contributed by atoms with Crippen LogP contribution in [0.4, 0.5) is 0 Å². The molecule has 2 aromatic rings. The molecular weight excluding hydrogens is 314 g/mol. The van der Waals surface area contributed by atoms with Crippen LogP contribution in [0.5, 0.6) is 0 Å². The Morgan fingerprint density at radius 2 is 2.09 bits per heavy atom. The third-order valence-corrected chi connectivity index (χ3v) is 6.18. The monoisotopic (exact) mass is 331 g/mol. The summed E-state index contributed by atoms with van der Waals surface area (Å²) in [6.45, 7) is 1.83. The first-order valence-electron chi connectivity index (χ1n) is 7.49. The van der Waals surface area contributed by atoms with Crippen LogP contribution in [-0.2, 0) is 20.3 Å². The van der Waals surface area contributed by atoms with Crippen molar-refractivity contribution in [1.29, 1.82) is 0 Å². The molecule has 5 nitrogen and oxygen atoms in total. The minimum Gasteiger partial charge on any atom is -0.394 e. The van der Waals surface area contributed by atoms with Crippen LogP contribution in [0.2, 0.25) is 0 Å². The molecule has 1 aromatic carbocycles. The average Bonchev–Trinajstić information content (AvgIpc) is 3.25. The molecule has 3 heterocycles. The van der Waals surface area contributed by atoms with Gasteiger partial charge in [0.1, 0.15) is 18.3 Å². The fraction of sp³-hybridized carbons (Fsp3) is 0.353. The van der Waals surface area contributed by atoms with E-state index in [1.165, 1.54) is 0 Å². The second-order valence-electron chi connectivity index (χ2n) is 5.87. The zero-order valence-corrected chi connectivity index (χ0v) is 13.4. The van der Waals surface area contributed by atoms with Gasteiger partial charge in [0.25, 0.3) is 0 Å². The molecule has 0 radical (unpaired) electrons. The van der Waals surface area contributed by atoms with Crippen molar-refractivity contribution in [1.82, 2.24) is 4.98 Å². The maximum absolute atomic E-state index is 13.2. The standard InChI is InChI=1S/C17H17NO4S/c1-11-4-6-13(7-5-11)23(20)17-15(12-3-2-8-18-9-12)21-14(10-19)16(17)22-17/h2-9,14-16,19H,10H2,1H3/t14?,15-,16?,17?,23?/m0/s1. The largest absolute Gasteiger partial charge is 0.394 e. The van der Waals surface area contributed by atoms with E-state index in [1.807, 2.05) is 43.3 Å². The molecule has 0 bridgehead atoms. The van der Waals surface area contributed by atoms with Crippen LogP contribution in [0.1, 0.15) is 17.2 Å². The molecule has 23 heavy (non-hydrogen) atoms. The fourth-order valence-electron chi connectivity index (χ4n) is 3.12. The number of ether oxygens (including phenoxy) is 2. The molecule has 0 saturated carbocycles. The summed E-state index contributed by atoms with van der Waals surface area (Å²) in [6, 6.07) is 11.3. The first kappa shape index (κ1) is 15.0. The van der Waals surface area contributed by atoms with Gasteiger partial charge in [-0.25, -0.2) is 0 Å².